The molecule has 5 heteroatoms. The Kier molecular flexibility index (Phi) is 3.25. The van der Waals surface area contributed by atoms with Crippen LogP contribution in [0.4, 0.5) is 5.69 Å². The Labute approximate surface area is 105 Å². The van der Waals surface area contributed by atoms with Crippen molar-refractivity contribution in [2.24, 2.45) is 0 Å². The SMILES string of the molecule is COc1ccc(NC2=CC(=O)O[C@@]2(C)OC)cc1. The van der Waals surface area contributed by atoms with Crippen molar-refractivity contribution < 1.29 is 19.0 Å². The predicted molar refractivity (Wildman–Crippen MR) is 66.2 cm³/mol. The van der Waals surface area contributed by atoms with Crippen molar-refractivity contribution >= 4 is 11.7 Å². The Morgan fingerprint density at radius 1 is 1.22 bits per heavy atom. The van der Waals surface area contributed by atoms with Crippen LogP contribution in [0.5, 0.6) is 5.75 Å². The Bertz CT molecular complexity index is 480. The van der Waals surface area contributed by atoms with Crippen molar-refractivity contribution in [3.63, 3.8) is 0 Å². The van der Waals surface area contributed by atoms with E-state index in [1.807, 2.05) is 24.3 Å². The highest BCUT2D eigenvalue weighted by atomic mass is 16.7. The smallest absolute Gasteiger partial charge is 0.335 e. The molecule has 2 rings (SSSR count). The van der Waals surface area contributed by atoms with E-state index in [-0.39, 0.29) is 0 Å². The van der Waals surface area contributed by atoms with Crippen molar-refractivity contribution in [2.75, 3.05) is 19.5 Å². The number of nitrogens with one attached hydrogen (secondary N) is 1. The van der Waals surface area contributed by atoms with Gasteiger partial charge in [0.05, 0.1) is 12.8 Å². The third-order valence-electron chi connectivity index (χ3n) is 2.81. The Morgan fingerprint density at radius 2 is 1.89 bits per heavy atom. The first kappa shape index (κ1) is 12.4. The van der Waals surface area contributed by atoms with Gasteiger partial charge in [0.1, 0.15) is 5.75 Å². The summed E-state index contributed by atoms with van der Waals surface area (Å²) in [5.41, 5.74) is 1.39. The number of rotatable bonds is 4. The zero-order chi connectivity index (χ0) is 13.2. The molecule has 1 aliphatic heterocycles. The number of carbonyl (C=O) groups is 1. The van der Waals surface area contributed by atoms with Crippen LogP contribution in [-0.2, 0) is 14.3 Å². The Balaban J connectivity index is 2.17. The summed E-state index contributed by atoms with van der Waals surface area (Å²) in [7, 11) is 3.10. The molecule has 5 nitrogen and oxygen atoms in total. The van der Waals surface area contributed by atoms with Gasteiger partial charge in [-0.25, -0.2) is 4.79 Å². The standard InChI is InChI=1S/C13H15NO4/c1-13(17-3)11(8-12(15)18-13)14-9-4-6-10(16-2)7-5-9/h4-8,14H,1-3H3/t13-/m1/s1. The largest absolute Gasteiger partial charge is 0.497 e. The summed E-state index contributed by atoms with van der Waals surface area (Å²) in [6.07, 6.45) is 1.38. The number of esters is 1. The van der Waals surface area contributed by atoms with Crippen molar-refractivity contribution in [1.29, 1.82) is 0 Å². The molecule has 1 heterocycles. The summed E-state index contributed by atoms with van der Waals surface area (Å²) in [6.45, 7) is 1.68. The molecule has 0 spiro atoms. The molecular weight excluding hydrogens is 234 g/mol. The number of methoxy groups -OCH3 is 2. The summed E-state index contributed by atoms with van der Waals surface area (Å²) in [5.74, 6) is -0.713. The molecule has 1 atom stereocenters. The van der Waals surface area contributed by atoms with Gasteiger partial charge in [0.2, 0.25) is 0 Å². The van der Waals surface area contributed by atoms with Crippen LogP contribution in [-0.4, -0.2) is 26.0 Å². The van der Waals surface area contributed by atoms with Gasteiger partial charge in [0.15, 0.2) is 0 Å². The van der Waals surface area contributed by atoms with Crippen molar-refractivity contribution in [3.05, 3.63) is 36.0 Å². The molecule has 1 aromatic carbocycles. The molecule has 18 heavy (non-hydrogen) atoms. The second-order valence-corrected chi connectivity index (χ2v) is 3.98. The van der Waals surface area contributed by atoms with E-state index in [0.717, 1.165) is 11.4 Å². The number of hydrogen-bond acceptors (Lipinski definition) is 5. The van der Waals surface area contributed by atoms with Gasteiger partial charge in [-0.05, 0) is 24.3 Å². The van der Waals surface area contributed by atoms with Crippen LogP contribution in [0.3, 0.4) is 0 Å². The van der Waals surface area contributed by atoms with Crippen LogP contribution in [0.15, 0.2) is 36.0 Å². The van der Waals surface area contributed by atoms with E-state index in [0.29, 0.717) is 5.70 Å². The molecule has 1 N–H and O–H groups in total. The summed E-state index contributed by atoms with van der Waals surface area (Å²) in [6, 6.07) is 7.34. The van der Waals surface area contributed by atoms with Crippen LogP contribution in [0.25, 0.3) is 0 Å². The second kappa shape index (κ2) is 4.70. The topological polar surface area (TPSA) is 56.8 Å². The first-order valence-corrected chi connectivity index (χ1v) is 5.49. The van der Waals surface area contributed by atoms with Gasteiger partial charge in [-0.15, -0.1) is 0 Å². The van der Waals surface area contributed by atoms with Gasteiger partial charge in [-0.2, -0.15) is 0 Å². The fourth-order valence-electron chi connectivity index (χ4n) is 1.66. The van der Waals surface area contributed by atoms with Gasteiger partial charge in [0.25, 0.3) is 5.79 Å². The Hall–Kier alpha value is -2.01. The summed E-state index contributed by atoms with van der Waals surface area (Å²) < 4.78 is 15.4. The Morgan fingerprint density at radius 3 is 2.44 bits per heavy atom. The van der Waals surface area contributed by atoms with Gasteiger partial charge in [0, 0.05) is 25.8 Å². The molecule has 1 aromatic rings. The molecular formula is C13H15NO4. The maximum Gasteiger partial charge on any atom is 0.335 e. The molecule has 0 aliphatic carbocycles. The van der Waals surface area contributed by atoms with Gasteiger partial charge in [-0.1, -0.05) is 0 Å². The molecule has 96 valence electrons. The highest BCUT2D eigenvalue weighted by Gasteiger charge is 2.39. The fourth-order valence-corrected chi connectivity index (χ4v) is 1.66. The first-order chi connectivity index (χ1) is 8.57. The molecule has 0 amide bonds. The highest BCUT2D eigenvalue weighted by molar-refractivity contribution is 5.87. The molecule has 0 fully saturated rings. The van der Waals surface area contributed by atoms with Crippen molar-refractivity contribution in [3.8, 4) is 5.75 Å². The van der Waals surface area contributed by atoms with Crippen LogP contribution in [0.2, 0.25) is 0 Å². The van der Waals surface area contributed by atoms with E-state index in [9.17, 15) is 4.79 Å². The van der Waals surface area contributed by atoms with E-state index in [2.05, 4.69) is 5.32 Å². The average molecular weight is 249 g/mol. The summed E-state index contributed by atoms with van der Waals surface area (Å²) >= 11 is 0. The lowest BCUT2D eigenvalue weighted by Gasteiger charge is -2.25. The van der Waals surface area contributed by atoms with E-state index >= 15 is 0 Å². The number of cyclic esters (lactones) is 1. The maximum absolute atomic E-state index is 11.3. The molecule has 0 bridgehead atoms. The minimum Gasteiger partial charge on any atom is -0.497 e. The lowest BCUT2D eigenvalue weighted by Crippen LogP contribution is -2.33. The van der Waals surface area contributed by atoms with E-state index in [1.54, 1.807) is 14.0 Å². The van der Waals surface area contributed by atoms with Gasteiger partial charge >= 0.3 is 5.97 Å². The monoisotopic (exact) mass is 249 g/mol. The third kappa shape index (κ3) is 2.31. The van der Waals surface area contributed by atoms with Crippen LogP contribution in [0, 0.1) is 0 Å². The summed E-state index contributed by atoms with van der Waals surface area (Å²) in [4.78, 5) is 11.3. The van der Waals surface area contributed by atoms with Crippen molar-refractivity contribution in [1.82, 2.24) is 0 Å². The van der Waals surface area contributed by atoms with E-state index in [4.69, 9.17) is 14.2 Å². The lowest BCUT2D eigenvalue weighted by atomic mass is 10.2. The fraction of sp³-hybridized carbons (Fsp3) is 0.308. The molecule has 0 unspecified atom stereocenters. The highest BCUT2D eigenvalue weighted by Crippen LogP contribution is 2.29. The number of hydrogen-bond donors (Lipinski definition) is 1. The molecule has 0 radical (unpaired) electrons. The normalized spacial score (nSPS) is 22.4. The van der Waals surface area contributed by atoms with Crippen molar-refractivity contribution in [2.45, 2.75) is 12.7 Å². The molecule has 0 saturated heterocycles. The van der Waals surface area contributed by atoms with Crippen LogP contribution in [0.1, 0.15) is 6.92 Å². The zero-order valence-electron chi connectivity index (χ0n) is 10.5. The van der Waals surface area contributed by atoms with Crippen LogP contribution >= 0.6 is 0 Å². The number of anilines is 1. The van der Waals surface area contributed by atoms with E-state index < -0.39 is 11.8 Å². The predicted octanol–water partition coefficient (Wildman–Crippen LogP) is 1.91. The quantitative estimate of drug-likeness (QED) is 0.826. The van der Waals surface area contributed by atoms with Gasteiger partial charge < -0.3 is 19.5 Å². The number of carbonyl (C=O) groups excluding carboxylic acids is 1. The second-order valence-electron chi connectivity index (χ2n) is 3.98. The average Bonchev–Trinajstić information content (AvgIpc) is 2.66. The summed E-state index contributed by atoms with van der Waals surface area (Å²) in [5, 5.41) is 3.10. The molecule has 0 saturated carbocycles. The maximum atomic E-state index is 11.3. The first-order valence-electron chi connectivity index (χ1n) is 5.49. The third-order valence-corrected chi connectivity index (χ3v) is 2.81. The number of ether oxygens (including phenoxy) is 3. The molecule has 0 aromatic heterocycles. The van der Waals surface area contributed by atoms with Crippen LogP contribution < -0.4 is 10.1 Å². The minimum atomic E-state index is -1.06. The number of benzene rings is 1. The lowest BCUT2D eigenvalue weighted by molar-refractivity contribution is -0.184. The zero-order valence-corrected chi connectivity index (χ0v) is 10.5. The minimum absolute atomic E-state index is 0.421. The molecule has 1 aliphatic rings. The van der Waals surface area contributed by atoms with E-state index in [1.165, 1.54) is 13.2 Å². The van der Waals surface area contributed by atoms with Gasteiger partial charge in [-0.3, -0.25) is 0 Å².